The molecular weight excluding hydrogens is 324 g/mol. The van der Waals surface area contributed by atoms with Crippen LogP contribution in [0, 0.1) is 0 Å². The average molecular weight is 339 g/mol. The highest BCUT2D eigenvalue weighted by Gasteiger charge is 2.08. The highest BCUT2D eigenvalue weighted by molar-refractivity contribution is 6.21. The molecule has 6 heteroatoms. The Kier molecular flexibility index (Phi) is 5.58. The summed E-state index contributed by atoms with van der Waals surface area (Å²) in [5, 5.41) is 28.2. The van der Waals surface area contributed by atoms with E-state index in [1.165, 1.54) is 55.7 Å². The van der Waals surface area contributed by atoms with Crippen molar-refractivity contribution in [2.75, 3.05) is 7.11 Å². The van der Waals surface area contributed by atoms with E-state index in [9.17, 15) is 24.9 Å². The minimum atomic E-state index is -0.588. The quantitative estimate of drug-likeness (QED) is 0.323. The van der Waals surface area contributed by atoms with Gasteiger partial charge in [0.15, 0.2) is 28.8 Å². The summed E-state index contributed by atoms with van der Waals surface area (Å²) < 4.78 is 4.97. The Morgan fingerprint density at radius 3 is 2.32 bits per heavy atom. The number of carbonyl (C=O) groups excluding carboxylic acids is 2. The lowest BCUT2D eigenvalue weighted by Gasteiger charge is -2.04. The highest BCUT2D eigenvalue weighted by Crippen LogP contribution is 2.27. The van der Waals surface area contributed by atoms with E-state index in [4.69, 9.17) is 4.74 Å². The minimum Gasteiger partial charge on any atom is -0.504 e. The lowest BCUT2D eigenvalue weighted by atomic mass is 10.1. The molecule has 0 aromatic heterocycles. The van der Waals surface area contributed by atoms with E-state index in [0.29, 0.717) is 11.1 Å². The summed E-state index contributed by atoms with van der Waals surface area (Å²) in [6, 6.07) is 8.43. The average Bonchev–Trinajstić information content (AvgIpc) is 2.61. The first-order chi connectivity index (χ1) is 11.9. The molecule has 1 radical (unpaired) electrons. The fraction of sp³-hybridized carbons (Fsp3) is 0.0526. The molecule has 0 fully saturated rings. The van der Waals surface area contributed by atoms with Crippen LogP contribution < -0.4 is 4.74 Å². The van der Waals surface area contributed by atoms with Crippen LogP contribution in [0.5, 0.6) is 23.0 Å². The van der Waals surface area contributed by atoms with Crippen molar-refractivity contribution in [1.29, 1.82) is 0 Å². The molecule has 0 aliphatic rings. The van der Waals surface area contributed by atoms with E-state index >= 15 is 0 Å². The molecule has 2 rings (SSSR count). The van der Waals surface area contributed by atoms with Crippen molar-refractivity contribution in [2.45, 2.75) is 0 Å². The molecule has 0 aliphatic heterocycles. The molecule has 0 spiro atoms. The molecule has 127 valence electrons. The Hall–Kier alpha value is -3.54. The Morgan fingerprint density at radius 1 is 1.00 bits per heavy atom. The molecule has 0 unspecified atom stereocenters. The minimum absolute atomic E-state index is 0.0605. The molecule has 3 N–H and O–H groups in total. The molecule has 0 amide bonds. The molecule has 0 bridgehead atoms. The predicted molar refractivity (Wildman–Crippen MR) is 92.1 cm³/mol. The monoisotopic (exact) mass is 339 g/mol. The number of benzene rings is 2. The molecule has 6 nitrogen and oxygen atoms in total. The van der Waals surface area contributed by atoms with Crippen LogP contribution in [0.2, 0.25) is 0 Å². The zero-order chi connectivity index (χ0) is 18.4. The summed E-state index contributed by atoms with van der Waals surface area (Å²) in [6.07, 6.45) is 5.44. The molecule has 0 atom stereocenters. The second kappa shape index (κ2) is 7.83. The molecule has 0 heterocycles. The summed E-state index contributed by atoms with van der Waals surface area (Å²) in [4.78, 5) is 23.2. The number of phenolic OH excluding ortho intramolecular Hbond substituents is 3. The summed E-state index contributed by atoms with van der Waals surface area (Å²) in [6.45, 7) is 0. The number of aromatic hydroxyl groups is 3. The van der Waals surface area contributed by atoms with Crippen molar-refractivity contribution >= 4 is 24.2 Å². The molecule has 0 saturated heterocycles. The number of ketones is 1. The van der Waals surface area contributed by atoms with Gasteiger partial charge in [0, 0.05) is 0 Å². The number of phenols is 3. The number of carbonyl (C=O) groups is 1. The van der Waals surface area contributed by atoms with E-state index < -0.39 is 5.78 Å². The fourth-order valence-corrected chi connectivity index (χ4v) is 2.01. The van der Waals surface area contributed by atoms with Gasteiger partial charge in [0.1, 0.15) is 0 Å². The van der Waals surface area contributed by atoms with E-state index in [2.05, 4.69) is 0 Å². The number of hydrogen-bond donors (Lipinski definition) is 3. The number of hydrogen-bond acceptors (Lipinski definition) is 6. The maximum atomic E-state index is 12.1. The van der Waals surface area contributed by atoms with Crippen LogP contribution >= 0.6 is 0 Å². The Balaban J connectivity index is 2.24. The van der Waals surface area contributed by atoms with Crippen LogP contribution in [0.1, 0.15) is 11.1 Å². The first-order valence-electron chi connectivity index (χ1n) is 7.16. The normalized spacial score (nSPS) is 11.5. The predicted octanol–water partition coefficient (Wildman–Crippen LogP) is 2.59. The van der Waals surface area contributed by atoms with Gasteiger partial charge in [-0.1, -0.05) is 18.2 Å². The van der Waals surface area contributed by atoms with Crippen molar-refractivity contribution in [1.82, 2.24) is 0 Å². The molecular formula is C19H15O6. The van der Waals surface area contributed by atoms with Gasteiger partial charge in [0.2, 0.25) is 6.29 Å². The summed E-state index contributed by atoms with van der Waals surface area (Å²) in [5.41, 5.74) is 0.740. The second-order valence-electron chi connectivity index (χ2n) is 5.04. The van der Waals surface area contributed by atoms with Crippen LogP contribution in [0.25, 0.3) is 12.2 Å². The zero-order valence-electron chi connectivity index (χ0n) is 13.3. The van der Waals surface area contributed by atoms with Crippen molar-refractivity contribution in [3.63, 3.8) is 0 Å². The zero-order valence-corrected chi connectivity index (χ0v) is 13.3. The molecule has 0 aliphatic carbocycles. The number of methoxy groups -OCH3 is 1. The van der Waals surface area contributed by atoms with Crippen molar-refractivity contribution < 1.29 is 29.6 Å². The number of ether oxygens (including phenoxy) is 1. The Labute approximate surface area is 143 Å². The SMILES string of the molecule is COc1cc(C=C([C]=O)C(=O)C=Cc2ccc(O)c(O)c2)ccc1O. The number of allylic oxidation sites excluding steroid dienone is 2. The number of rotatable bonds is 6. The van der Waals surface area contributed by atoms with Crippen LogP contribution in [0.15, 0.2) is 48.0 Å². The molecule has 25 heavy (non-hydrogen) atoms. The van der Waals surface area contributed by atoms with Gasteiger partial charge in [-0.25, -0.2) is 0 Å². The largest absolute Gasteiger partial charge is 0.504 e. The maximum Gasteiger partial charge on any atom is 0.237 e. The Morgan fingerprint density at radius 2 is 1.68 bits per heavy atom. The van der Waals surface area contributed by atoms with Gasteiger partial charge < -0.3 is 20.1 Å². The smallest absolute Gasteiger partial charge is 0.237 e. The van der Waals surface area contributed by atoms with Gasteiger partial charge in [-0.15, -0.1) is 0 Å². The topological polar surface area (TPSA) is 104 Å². The standard InChI is InChI=1S/C19H15O6/c1-25-19-10-13(4-7-17(19)23)8-14(11-20)15(21)5-2-12-3-6-16(22)18(24)9-12/h2-10,22-24H,1H3. The van der Waals surface area contributed by atoms with E-state index in [0.717, 1.165) is 6.08 Å². The lowest BCUT2D eigenvalue weighted by molar-refractivity contribution is -0.110. The van der Waals surface area contributed by atoms with Gasteiger partial charge >= 0.3 is 0 Å². The van der Waals surface area contributed by atoms with E-state index in [1.54, 1.807) is 6.29 Å². The summed E-state index contributed by atoms with van der Waals surface area (Å²) >= 11 is 0. The first-order valence-corrected chi connectivity index (χ1v) is 7.16. The van der Waals surface area contributed by atoms with E-state index in [1.807, 2.05) is 0 Å². The summed E-state index contributed by atoms with van der Waals surface area (Å²) in [5.74, 6) is -1.03. The summed E-state index contributed by atoms with van der Waals surface area (Å²) in [7, 11) is 1.39. The lowest BCUT2D eigenvalue weighted by Crippen LogP contribution is -1.99. The van der Waals surface area contributed by atoms with Crippen LogP contribution in [-0.2, 0) is 9.59 Å². The van der Waals surface area contributed by atoms with Crippen molar-refractivity contribution in [3.8, 4) is 23.0 Å². The third-order valence-corrected chi connectivity index (χ3v) is 3.32. The molecule has 2 aromatic rings. The van der Waals surface area contributed by atoms with E-state index in [-0.39, 0.29) is 28.6 Å². The molecule has 0 saturated carbocycles. The second-order valence-corrected chi connectivity index (χ2v) is 5.04. The van der Waals surface area contributed by atoms with Gasteiger partial charge in [0.25, 0.3) is 0 Å². The highest BCUT2D eigenvalue weighted by atomic mass is 16.5. The van der Waals surface area contributed by atoms with Gasteiger partial charge in [-0.2, -0.15) is 0 Å². The van der Waals surface area contributed by atoms with Crippen LogP contribution in [0.3, 0.4) is 0 Å². The van der Waals surface area contributed by atoms with Crippen LogP contribution in [0.4, 0.5) is 0 Å². The fourth-order valence-electron chi connectivity index (χ4n) is 2.01. The van der Waals surface area contributed by atoms with Crippen molar-refractivity contribution in [2.24, 2.45) is 0 Å². The van der Waals surface area contributed by atoms with Gasteiger partial charge in [0.05, 0.1) is 12.7 Å². The third-order valence-electron chi connectivity index (χ3n) is 3.32. The first kappa shape index (κ1) is 17.8. The van der Waals surface area contributed by atoms with Crippen LogP contribution in [-0.4, -0.2) is 34.5 Å². The molecule has 2 aromatic carbocycles. The van der Waals surface area contributed by atoms with Gasteiger partial charge in [-0.3, -0.25) is 9.59 Å². The maximum absolute atomic E-state index is 12.1. The Bertz CT molecular complexity index is 864. The van der Waals surface area contributed by atoms with Gasteiger partial charge in [-0.05, 0) is 47.5 Å². The third kappa shape index (κ3) is 4.48. The van der Waals surface area contributed by atoms with Crippen molar-refractivity contribution in [3.05, 3.63) is 59.2 Å².